The summed E-state index contributed by atoms with van der Waals surface area (Å²) in [5, 5.41) is 9.21. The van der Waals surface area contributed by atoms with Crippen molar-refractivity contribution >= 4 is 17.4 Å². The summed E-state index contributed by atoms with van der Waals surface area (Å²) in [6.07, 6.45) is 1.98. The summed E-state index contributed by atoms with van der Waals surface area (Å²) in [6.45, 7) is 4.12. The van der Waals surface area contributed by atoms with Crippen LogP contribution in [0.5, 0.6) is 0 Å². The highest BCUT2D eigenvalue weighted by atomic mass is 35.5. The van der Waals surface area contributed by atoms with Crippen LogP contribution in [0.15, 0.2) is 6.07 Å². The molecule has 1 aromatic rings. The maximum atomic E-state index is 8.91. The van der Waals surface area contributed by atoms with Crippen molar-refractivity contribution in [2.24, 2.45) is 5.92 Å². The molecule has 0 radical (unpaired) electrons. The van der Waals surface area contributed by atoms with Gasteiger partial charge >= 0.3 is 0 Å². The predicted molar refractivity (Wildman–Crippen MR) is 63.8 cm³/mol. The van der Waals surface area contributed by atoms with E-state index < -0.39 is 0 Å². The molecule has 0 aliphatic carbocycles. The molecule has 1 saturated heterocycles. The van der Waals surface area contributed by atoms with Gasteiger partial charge in [0.15, 0.2) is 0 Å². The summed E-state index contributed by atoms with van der Waals surface area (Å²) in [6, 6.07) is 1.95. The van der Waals surface area contributed by atoms with Gasteiger partial charge in [0.1, 0.15) is 5.82 Å². The number of halogens is 1. The summed E-state index contributed by atoms with van der Waals surface area (Å²) in [5.41, 5.74) is 0.889. The third-order valence-corrected chi connectivity index (χ3v) is 3.13. The molecule has 1 aromatic heterocycles. The van der Waals surface area contributed by atoms with Crippen LogP contribution in [0.25, 0.3) is 0 Å². The minimum atomic E-state index is 0.266. The lowest BCUT2D eigenvalue weighted by molar-refractivity contribution is 0.263. The van der Waals surface area contributed by atoms with E-state index in [1.807, 2.05) is 13.0 Å². The monoisotopic (exact) mass is 241 g/mol. The van der Waals surface area contributed by atoms with Gasteiger partial charge in [0, 0.05) is 31.5 Å². The van der Waals surface area contributed by atoms with Gasteiger partial charge in [-0.25, -0.2) is 9.97 Å². The maximum absolute atomic E-state index is 8.91. The molecule has 88 valence electrons. The second-order valence-corrected chi connectivity index (χ2v) is 4.59. The van der Waals surface area contributed by atoms with Crippen molar-refractivity contribution in [1.82, 2.24) is 9.97 Å². The third kappa shape index (κ3) is 2.62. The molecule has 0 amide bonds. The number of hydrogen-bond acceptors (Lipinski definition) is 4. The van der Waals surface area contributed by atoms with Crippen molar-refractivity contribution in [2.45, 2.75) is 19.8 Å². The fourth-order valence-corrected chi connectivity index (χ4v) is 2.36. The van der Waals surface area contributed by atoms with Crippen LogP contribution in [-0.4, -0.2) is 34.8 Å². The van der Waals surface area contributed by atoms with Gasteiger partial charge in [-0.2, -0.15) is 0 Å². The van der Waals surface area contributed by atoms with Crippen molar-refractivity contribution < 1.29 is 5.11 Å². The quantitative estimate of drug-likeness (QED) is 0.818. The molecular weight excluding hydrogens is 226 g/mol. The van der Waals surface area contributed by atoms with Gasteiger partial charge < -0.3 is 10.0 Å². The molecule has 1 aliphatic heterocycles. The molecule has 1 aliphatic rings. The summed E-state index contributed by atoms with van der Waals surface area (Å²) in [4.78, 5) is 10.5. The second-order valence-electron chi connectivity index (χ2n) is 4.25. The molecule has 2 heterocycles. The number of anilines is 1. The number of aryl methyl sites for hydroxylation is 1. The van der Waals surface area contributed by atoms with Crippen LogP contribution in [0.1, 0.15) is 18.5 Å². The molecule has 1 N–H and O–H groups in total. The molecule has 0 aromatic carbocycles. The Bertz CT molecular complexity index is 352. The number of aliphatic hydroxyl groups excluding tert-OH is 1. The Morgan fingerprint density at radius 2 is 2.38 bits per heavy atom. The van der Waals surface area contributed by atoms with Crippen molar-refractivity contribution in [3.63, 3.8) is 0 Å². The molecule has 5 heteroatoms. The highest BCUT2D eigenvalue weighted by Crippen LogP contribution is 2.25. The van der Waals surface area contributed by atoms with Gasteiger partial charge in [-0.1, -0.05) is 0 Å². The minimum absolute atomic E-state index is 0.266. The number of nitrogens with zero attached hydrogens (tertiary/aromatic N) is 3. The van der Waals surface area contributed by atoms with E-state index in [-0.39, 0.29) is 6.61 Å². The Kier molecular flexibility index (Phi) is 3.61. The van der Waals surface area contributed by atoms with Crippen molar-refractivity contribution in [2.75, 3.05) is 24.6 Å². The molecule has 0 spiro atoms. The highest BCUT2D eigenvalue weighted by Gasteiger charge is 2.23. The van der Waals surface area contributed by atoms with E-state index in [1.54, 1.807) is 0 Å². The first-order chi connectivity index (χ1) is 7.69. The first-order valence-corrected chi connectivity index (χ1v) is 5.94. The van der Waals surface area contributed by atoms with Crippen LogP contribution in [0.4, 0.5) is 5.82 Å². The first kappa shape index (κ1) is 11.6. The summed E-state index contributed by atoms with van der Waals surface area (Å²) >= 11 is 5.84. The normalized spacial score (nSPS) is 20.4. The van der Waals surface area contributed by atoms with Gasteiger partial charge in [0.25, 0.3) is 0 Å². The lowest BCUT2D eigenvalue weighted by Gasteiger charge is -2.17. The zero-order valence-electron chi connectivity index (χ0n) is 9.36. The van der Waals surface area contributed by atoms with E-state index in [0.29, 0.717) is 11.2 Å². The van der Waals surface area contributed by atoms with Gasteiger partial charge in [0.05, 0.1) is 0 Å². The third-order valence-electron chi connectivity index (χ3n) is 2.96. The zero-order chi connectivity index (χ0) is 11.5. The summed E-state index contributed by atoms with van der Waals surface area (Å²) in [7, 11) is 0. The Hall–Kier alpha value is -0.870. The first-order valence-electron chi connectivity index (χ1n) is 5.56. The lowest BCUT2D eigenvalue weighted by atomic mass is 10.1. The summed E-state index contributed by atoms with van der Waals surface area (Å²) < 4.78 is 0. The van der Waals surface area contributed by atoms with Crippen LogP contribution in [0, 0.1) is 12.8 Å². The SMILES string of the molecule is Cc1cc(N2CCC(CCO)C2)nc(Cl)n1. The van der Waals surface area contributed by atoms with Crippen molar-refractivity contribution in [1.29, 1.82) is 0 Å². The molecule has 4 nitrogen and oxygen atoms in total. The molecule has 2 rings (SSSR count). The van der Waals surface area contributed by atoms with Crippen LogP contribution < -0.4 is 4.90 Å². The minimum Gasteiger partial charge on any atom is -0.396 e. The van der Waals surface area contributed by atoms with Crippen LogP contribution in [0.3, 0.4) is 0 Å². The van der Waals surface area contributed by atoms with Gasteiger partial charge in [-0.3, -0.25) is 0 Å². The Labute approximate surface area is 100 Å². The van der Waals surface area contributed by atoms with E-state index in [9.17, 15) is 0 Å². The van der Waals surface area contributed by atoms with Crippen molar-refractivity contribution in [3.8, 4) is 0 Å². The van der Waals surface area contributed by atoms with E-state index in [0.717, 1.165) is 37.4 Å². The number of aromatic nitrogens is 2. The zero-order valence-corrected chi connectivity index (χ0v) is 10.1. The topological polar surface area (TPSA) is 49.2 Å². The Morgan fingerprint density at radius 3 is 3.06 bits per heavy atom. The van der Waals surface area contributed by atoms with Gasteiger partial charge in [0.2, 0.25) is 5.28 Å². The average Bonchev–Trinajstić information content (AvgIpc) is 2.65. The van der Waals surface area contributed by atoms with Crippen LogP contribution in [-0.2, 0) is 0 Å². The fraction of sp³-hybridized carbons (Fsp3) is 0.636. The lowest BCUT2D eigenvalue weighted by Crippen LogP contribution is -2.21. The van der Waals surface area contributed by atoms with Crippen LogP contribution >= 0.6 is 11.6 Å². The molecule has 16 heavy (non-hydrogen) atoms. The smallest absolute Gasteiger partial charge is 0.224 e. The van der Waals surface area contributed by atoms with Gasteiger partial charge in [-0.05, 0) is 37.3 Å². The number of aliphatic hydroxyl groups is 1. The van der Waals surface area contributed by atoms with Crippen LogP contribution in [0.2, 0.25) is 5.28 Å². The maximum Gasteiger partial charge on any atom is 0.224 e. The molecule has 1 atom stereocenters. The summed E-state index contributed by atoms with van der Waals surface area (Å²) in [5.74, 6) is 1.47. The largest absolute Gasteiger partial charge is 0.396 e. The number of hydrogen-bond donors (Lipinski definition) is 1. The predicted octanol–water partition coefficient (Wildman–Crippen LogP) is 1.65. The highest BCUT2D eigenvalue weighted by molar-refractivity contribution is 6.28. The van der Waals surface area contributed by atoms with E-state index in [2.05, 4.69) is 14.9 Å². The molecular formula is C11H16ClN3O. The van der Waals surface area contributed by atoms with E-state index in [1.165, 1.54) is 0 Å². The number of rotatable bonds is 3. The molecule has 1 unspecified atom stereocenters. The Balaban J connectivity index is 2.08. The molecule has 0 bridgehead atoms. The van der Waals surface area contributed by atoms with Crippen molar-refractivity contribution in [3.05, 3.63) is 17.0 Å². The van der Waals surface area contributed by atoms with Gasteiger partial charge in [-0.15, -0.1) is 0 Å². The van der Waals surface area contributed by atoms with E-state index in [4.69, 9.17) is 16.7 Å². The standard InChI is InChI=1S/C11H16ClN3O/c1-8-6-10(14-11(12)13-8)15-4-2-9(7-15)3-5-16/h6,9,16H,2-5,7H2,1H3. The molecule has 1 fully saturated rings. The average molecular weight is 242 g/mol. The fourth-order valence-electron chi connectivity index (χ4n) is 2.14. The second kappa shape index (κ2) is 4.97. The molecule has 0 saturated carbocycles. The van der Waals surface area contributed by atoms with E-state index >= 15 is 0 Å². The Morgan fingerprint density at radius 1 is 1.56 bits per heavy atom.